The standard InChI is InChI=1S/C27H35NO2S/c1-27(2,3)26-24(15-18-5-9-20(29)10-6-18)23-14-13-22(16-25(23)28-26)31-17-19-7-11-21(30-4)12-8-19/h7-8,11-14,16,18,20,24,29H,5-6,9-10,15,17H2,1-4H3. The molecule has 0 bridgehead atoms. The van der Waals surface area contributed by atoms with Crippen molar-refractivity contribution in [2.75, 3.05) is 7.11 Å². The minimum absolute atomic E-state index is 0.0638. The van der Waals surface area contributed by atoms with E-state index in [-0.39, 0.29) is 11.5 Å². The van der Waals surface area contributed by atoms with Crippen molar-refractivity contribution in [3.63, 3.8) is 0 Å². The highest BCUT2D eigenvalue weighted by Crippen LogP contribution is 2.47. The number of aliphatic hydroxyl groups is 1. The Hall–Kier alpha value is -1.78. The number of rotatable bonds is 6. The van der Waals surface area contributed by atoms with Crippen LogP contribution in [-0.2, 0) is 5.75 Å². The summed E-state index contributed by atoms with van der Waals surface area (Å²) in [6, 6.07) is 15.2. The van der Waals surface area contributed by atoms with Crippen LogP contribution in [0.25, 0.3) is 0 Å². The second kappa shape index (κ2) is 9.38. The highest BCUT2D eigenvalue weighted by atomic mass is 32.2. The summed E-state index contributed by atoms with van der Waals surface area (Å²) in [4.78, 5) is 6.43. The average molecular weight is 438 g/mol. The van der Waals surface area contributed by atoms with Gasteiger partial charge in [0.15, 0.2) is 0 Å². The van der Waals surface area contributed by atoms with Crippen molar-refractivity contribution < 1.29 is 9.84 Å². The van der Waals surface area contributed by atoms with Gasteiger partial charge in [0.2, 0.25) is 0 Å². The molecule has 0 spiro atoms. The lowest BCUT2D eigenvalue weighted by Gasteiger charge is -2.31. The second-order valence-electron chi connectivity index (χ2n) is 10.1. The van der Waals surface area contributed by atoms with Crippen LogP contribution in [0.1, 0.15) is 69.9 Å². The summed E-state index contributed by atoms with van der Waals surface area (Å²) < 4.78 is 5.26. The number of methoxy groups -OCH3 is 1. The third kappa shape index (κ3) is 5.35. The third-order valence-corrected chi connectivity index (χ3v) is 7.73. The van der Waals surface area contributed by atoms with Crippen LogP contribution in [0, 0.1) is 11.3 Å². The Labute approximate surface area is 191 Å². The Morgan fingerprint density at radius 2 is 1.74 bits per heavy atom. The van der Waals surface area contributed by atoms with Crippen LogP contribution in [0.4, 0.5) is 5.69 Å². The van der Waals surface area contributed by atoms with E-state index in [4.69, 9.17) is 9.73 Å². The molecule has 0 aromatic heterocycles. The molecule has 0 amide bonds. The highest BCUT2D eigenvalue weighted by molar-refractivity contribution is 7.98. The zero-order valence-electron chi connectivity index (χ0n) is 19.2. The molecule has 2 aliphatic rings. The number of fused-ring (bicyclic) bond motifs is 1. The van der Waals surface area contributed by atoms with Crippen LogP contribution in [0.3, 0.4) is 0 Å². The van der Waals surface area contributed by atoms with E-state index >= 15 is 0 Å². The molecule has 31 heavy (non-hydrogen) atoms. The molecule has 1 fully saturated rings. The molecule has 1 atom stereocenters. The minimum atomic E-state index is -0.0897. The number of benzene rings is 2. The van der Waals surface area contributed by atoms with Gasteiger partial charge < -0.3 is 9.84 Å². The number of aliphatic hydroxyl groups excluding tert-OH is 1. The van der Waals surface area contributed by atoms with Gasteiger partial charge in [-0.05, 0) is 73.4 Å². The molecule has 2 aromatic carbocycles. The molecule has 1 saturated carbocycles. The molecular formula is C27H35NO2S. The van der Waals surface area contributed by atoms with Gasteiger partial charge >= 0.3 is 0 Å². The topological polar surface area (TPSA) is 41.8 Å². The van der Waals surface area contributed by atoms with Crippen molar-refractivity contribution in [2.45, 2.75) is 75.5 Å². The first-order chi connectivity index (χ1) is 14.8. The zero-order valence-corrected chi connectivity index (χ0v) is 20.0. The van der Waals surface area contributed by atoms with Crippen molar-refractivity contribution in [3.05, 3.63) is 53.6 Å². The molecule has 0 saturated heterocycles. The van der Waals surface area contributed by atoms with Gasteiger partial charge in [0, 0.05) is 27.7 Å². The zero-order chi connectivity index (χ0) is 22.0. The van der Waals surface area contributed by atoms with Crippen LogP contribution < -0.4 is 4.74 Å². The van der Waals surface area contributed by atoms with Crippen LogP contribution in [0.2, 0.25) is 0 Å². The number of nitrogens with zero attached hydrogens (tertiary/aromatic N) is 1. The molecular weight excluding hydrogens is 402 g/mol. The Bertz CT molecular complexity index is 921. The smallest absolute Gasteiger partial charge is 0.118 e. The van der Waals surface area contributed by atoms with Crippen molar-refractivity contribution >= 4 is 23.2 Å². The van der Waals surface area contributed by atoms with Crippen molar-refractivity contribution in [1.29, 1.82) is 0 Å². The third-order valence-electron chi connectivity index (χ3n) is 6.67. The maximum atomic E-state index is 9.88. The molecule has 0 radical (unpaired) electrons. The molecule has 1 N–H and O–H groups in total. The normalized spacial score (nSPS) is 23.4. The van der Waals surface area contributed by atoms with Gasteiger partial charge in [-0.15, -0.1) is 11.8 Å². The van der Waals surface area contributed by atoms with Crippen molar-refractivity contribution in [3.8, 4) is 5.75 Å². The molecule has 1 heterocycles. The molecule has 1 unspecified atom stereocenters. The fourth-order valence-corrected chi connectivity index (χ4v) is 5.78. The summed E-state index contributed by atoms with van der Waals surface area (Å²) in [5.41, 5.74) is 5.23. The predicted molar refractivity (Wildman–Crippen MR) is 131 cm³/mol. The number of hydrogen-bond donors (Lipinski definition) is 1. The largest absolute Gasteiger partial charge is 0.497 e. The predicted octanol–water partition coefficient (Wildman–Crippen LogP) is 7.14. The Morgan fingerprint density at radius 3 is 2.39 bits per heavy atom. The lowest BCUT2D eigenvalue weighted by molar-refractivity contribution is 0.106. The van der Waals surface area contributed by atoms with Gasteiger partial charge in [0.1, 0.15) is 5.75 Å². The lowest BCUT2D eigenvalue weighted by Crippen LogP contribution is -2.27. The molecule has 2 aromatic rings. The minimum Gasteiger partial charge on any atom is -0.497 e. The summed E-state index contributed by atoms with van der Waals surface area (Å²) in [5, 5.41) is 9.88. The number of aliphatic imine (C=N–C) groups is 1. The highest BCUT2D eigenvalue weighted by Gasteiger charge is 2.36. The molecule has 1 aliphatic heterocycles. The molecule has 166 valence electrons. The van der Waals surface area contributed by atoms with E-state index in [0.29, 0.717) is 11.8 Å². The van der Waals surface area contributed by atoms with Crippen molar-refractivity contribution in [2.24, 2.45) is 16.3 Å². The molecule has 1 aliphatic carbocycles. The molecule has 4 heteroatoms. The summed E-state index contributed by atoms with van der Waals surface area (Å²) in [6.07, 6.45) is 5.25. The van der Waals surface area contributed by atoms with Gasteiger partial charge in [0.05, 0.1) is 18.9 Å². The maximum absolute atomic E-state index is 9.88. The Morgan fingerprint density at radius 1 is 1.03 bits per heavy atom. The first-order valence-corrected chi connectivity index (χ1v) is 12.5. The van der Waals surface area contributed by atoms with E-state index in [9.17, 15) is 5.11 Å². The van der Waals surface area contributed by atoms with E-state index in [0.717, 1.165) is 49.3 Å². The first kappa shape index (κ1) is 22.4. The summed E-state index contributed by atoms with van der Waals surface area (Å²) in [6.45, 7) is 6.86. The maximum Gasteiger partial charge on any atom is 0.118 e. The summed E-state index contributed by atoms with van der Waals surface area (Å²) in [7, 11) is 1.70. The fourth-order valence-electron chi connectivity index (χ4n) is 4.89. The molecule has 4 rings (SSSR count). The van der Waals surface area contributed by atoms with Gasteiger partial charge in [0.25, 0.3) is 0 Å². The van der Waals surface area contributed by atoms with E-state index < -0.39 is 0 Å². The van der Waals surface area contributed by atoms with E-state index in [2.05, 4.69) is 51.1 Å². The van der Waals surface area contributed by atoms with Crippen LogP contribution in [-0.4, -0.2) is 24.0 Å². The number of ether oxygens (including phenoxy) is 1. The monoisotopic (exact) mass is 437 g/mol. The van der Waals surface area contributed by atoms with Gasteiger partial charge in [-0.25, -0.2) is 0 Å². The second-order valence-corrected chi connectivity index (χ2v) is 11.1. The number of thioether (sulfide) groups is 1. The average Bonchev–Trinajstić information content (AvgIpc) is 3.12. The van der Waals surface area contributed by atoms with Gasteiger partial charge in [-0.1, -0.05) is 39.0 Å². The summed E-state index contributed by atoms with van der Waals surface area (Å²) in [5.74, 6) is 2.94. The van der Waals surface area contributed by atoms with E-state index in [1.807, 2.05) is 23.9 Å². The SMILES string of the molecule is COc1ccc(CSc2ccc3c(c2)N=C(C(C)(C)C)C3CC2CCC(O)CC2)cc1. The van der Waals surface area contributed by atoms with E-state index in [1.54, 1.807) is 7.11 Å². The quantitative estimate of drug-likeness (QED) is 0.488. The fraction of sp³-hybridized carbons (Fsp3) is 0.519. The Balaban J connectivity index is 1.49. The Kier molecular flexibility index (Phi) is 6.78. The van der Waals surface area contributed by atoms with Crippen LogP contribution in [0.5, 0.6) is 5.75 Å². The van der Waals surface area contributed by atoms with E-state index in [1.165, 1.54) is 21.7 Å². The van der Waals surface area contributed by atoms with Gasteiger partial charge in [-0.2, -0.15) is 0 Å². The summed E-state index contributed by atoms with van der Waals surface area (Å²) >= 11 is 1.86. The molecule has 3 nitrogen and oxygen atoms in total. The van der Waals surface area contributed by atoms with Crippen molar-refractivity contribution in [1.82, 2.24) is 0 Å². The van der Waals surface area contributed by atoms with Crippen LogP contribution in [0.15, 0.2) is 52.4 Å². The lowest BCUT2D eigenvalue weighted by atomic mass is 9.74. The number of hydrogen-bond acceptors (Lipinski definition) is 4. The first-order valence-electron chi connectivity index (χ1n) is 11.5. The van der Waals surface area contributed by atoms with Crippen LogP contribution >= 0.6 is 11.8 Å². The van der Waals surface area contributed by atoms with Gasteiger partial charge in [-0.3, -0.25) is 4.99 Å².